The molecule has 0 atom stereocenters. The molecular formula is C25H31N3O3. The molecule has 4 N–H and O–H groups in total. The molecule has 0 saturated carbocycles. The lowest BCUT2D eigenvalue weighted by molar-refractivity contribution is 0.0784. The first-order valence-corrected chi connectivity index (χ1v) is 11.1. The van der Waals surface area contributed by atoms with Gasteiger partial charge in [-0.1, -0.05) is 18.2 Å². The highest BCUT2D eigenvalue weighted by molar-refractivity contribution is 5.96. The van der Waals surface area contributed by atoms with Gasteiger partial charge in [0.25, 0.3) is 5.91 Å². The lowest BCUT2D eigenvalue weighted by atomic mass is 9.94. The second-order valence-electron chi connectivity index (χ2n) is 9.14. The van der Waals surface area contributed by atoms with Crippen LogP contribution < -0.4 is 16.0 Å². The number of carbonyl (C=O) groups is 2. The summed E-state index contributed by atoms with van der Waals surface area (Å²) in [6, 6.07) is 7.35. The Morgan fingerprint density at radius 2 is 1.61 bits per heavy atom. The Labute approximate surface area is 183 Å². The van der Waals surface area contributed by atoms with E-state index in [2.05, 4.69) is 22.0 Å². The molecule has 0 aliphatic heterocycles. The summed E-state index contributed by atoms with van der Waals surface area (Å²) in [5, 5.41) is 18.8. The number of amides is 3. The summed E-state index contributed by atoms with van der Waals surface area (Å²) >= 11 is 0. The molecule has 0 aromatic heterocycles. The van der Waals surface area contributed by atoms with E-state index < -0.39 is 5.60 Å². The fourth-order valence-corrected chi connectivity index (χ4v) is 4.67. The highest BCUT2D eigenvalue weighted by Gasteiger charge is 2.25. The molecule has 4 rings (SSSR count). The molecule has 0 heterocycles. The quantitative estimate of drug-likeness (QED) is 0.555. The van der Waals surface area contributed by atoms with Gasteiger partial charge in [0, 0.05) is 11.3 Å². The van der Waals surface area contributed by atoms with Crippen molar-refractivity contribution in [1.82, 2.24) is 10.6 Å². The van der Waals surface area contributed by atoms with Gasteiger partial charge in [-0.15, -0.1) is 0 Å². The normalized spacial score (nSPS) is 14.7. The Balaban J connectivity index is 1.39. The highest BCUT2D eigenvalue weighted by atomic mass is 16.3. The average Bonchev–Trinajstić information content (AvgIpc) is 3.36. The predicted octanol–water partition coefficient (Wildman–Crippen LogP) is 3.71. The first-order valence-electron chi connectivity index (χ1n) is 11.1. The second kappa shape index (κ2) is 8.35. The number of aryl methyl sites for hydroxylation is 3. The molecular weight excluding hydrogens is 390 g/mol. The van der Waals surface area contributed by atoms with Crippen LogP contribution in [0.5, 0.6) is 0 Å². The third-order valence-electron chi connectivity index (χ3n) is 6.40. The van der Waals surface area contributed by atoms with Gasteiger partial charge in [-0.05, 0) is 98.7 Å². The molecule has 2 aromatic carbocycles. The van der Waals surface area contributed by atoms with Gasteiger partial charge in [0.15, 0.2) is 0 Å². The molecule has 2 aliphatic carbocycles. The molecule has 3 amide bonds. The third-order valence-corrected chi connectivity index (χ3v) is 6.40. The number of rotatable bonds is 5. The summed E-state index contributed by atoms with van der Waals surface area (Å²) in [6.45, 7) is 5.23. The van der Waals surface area contributed by atoms with Gasteiger partial charge >= 0.3 is 6.03 Å². The van der Waals surface area contributed by atoms with E-state index in [9.17, 15) is 14.7 Å². The summed E-state index contributed by atoms with van der Waals surface area (Å²) < 4.78 is 0. The molecule has 0 unspecified atom stereocenters. The van der Waals surface area contributed by atoms with Gasteiger partial charge in [0.2, 0.25) is 0 Å². The van der Waals surface area contributed by atoms with Crippen LogP contribution in [0.1, 0.15) is 70.4 Å². The van der Waals surface area contributed by atoms with Crippen LogP contribution in [-0.4, -0.2) is 23.7 Å². The van der Waals surface area contributed by atoms with Crippen LogP contribution in [0, 0.1) is 6.92 Å². The Morgan fingerprint density at radius 3 is 2.23 bits per heavy atom. The van der Waals surface area contributed by atoms with Crippen LogP contribution in [0.15, 0.2) is 24.3 Å². The van der Waals surface area contributed by atoms with Gasteiger partial charge in [-0.3, -0.25) is 4.79 Å². The SMILES string of the molecule is Cc1ccc(C(C)(C)O)cc1C(=O)NCNC(=O)Nc1c2c(cc3c1CCC3)CCC2. The van der Waals surface area contributed by atoms with E-state index in [-0.39, 0.29) is 18.6 Å². The maximum atomic E-state index is 12.6. The molecule has 6 heteroatoms. The minimum atomic E-state index is -1.03. The molecule has 0 bridgehead atoms. The summed E-state index contributed by atoms with van der Waals surface area (Å²) in [6.07, 6.45) is 6.44. The summed E-state index contributed by atoms with van der Waals surface area (Å²) in [5.41, 5.74) is 7.21. The fraction of sp³-hybridized carbons (Fsp3) is 0.440. The van der Waals surface area contributed by atoms with Crippen molar-refractivity contribution >= 4 is 17.6 Å². The molecule has 0 fully saturated rings. The highest BCUT2D eigenvalue weighted by Crippen LogP contribution is 2.38. The topological polar surface area (TPSA) is 90.5 Å². The number of fused-ring (bicyclic) bond motifs is 2. The maximum Gasteiger partial charge on any atom is 0.320 e. The van der Waals surface area contributed by atoms with Gasteiger partial charge in [-0.2, -0.15) is 0 Å². The number of nitrogens with one attached hydrogen (secondary N) is 3. The van der Waals surface area contributed by atoms with Gasteiger partial charge in [-0.25, -0.2) is 4.79 Å². The van der Waals surface area contributed by atoms with E-state index >= 15 is 0 Å². The summed E-state index contributed by atoms with van der Waals surface area (Å²) in [7, 11) is 0. The molecule has 0 radical (unpaired) electrons. The smallest absolute Gasteiger partial charge is 0.320 e. The number of anilines is 1. The number of aliphatic hydroxyl groups is 1. The van der Waals surface area contributed by atoms with Crippen LogP contribution in [0.25, 0.3) is 0 Å². The first kappa shape index (κ1) is 21.4. The molecule has 6 nitrogen and oxygen atoms in total. The van der Waals surface area contributed by atoms with Gasteiger partial charge < -0.3 is 21.1 Å². The standard InChI is InChI=1S/C25H31N3O3/c1-15-10-11-18(25(2,3)31)13-21(15)23(29)26-14-27-24(30)28-22-19-8-4-6-16(19)12-17-7-5-9-20(17)22/h10-13,31H,4-9,14H2,1-3H3,(H,26,29)(H2,27,28,30). The molecule has 0 saturated heterocycles. The van der Waals surface area contributed by atoms with Crippen molar-refractivity contribution in [1.29, 1.82) is 0 Å². The zero-order valence-corrected chi connectivity index (χ0v) is 18.5. The van der Waals surface area contributed by atoms with Crippen molar-refractivity contribution in [3.05, 3.63) is 63.2 Å². The van der Waals surface area contributed by atoms with Crippen molar-refractivity contribution < 1.29 is 14.7 Å². The maximum absolute atomic E-state index is 12.6. The number of hydrogen-bond donors (Lipinski definition) is 4. The van der Waals surface area contributed by atoms with Gasteiger partial charge in [0.05, 0.1) is 12.3 Å². The lowest BCUT2D eigenvalue weighted by Crippen LogP contribution is -2.40. The number of hydrogen-bond acceptors (Lipinski definition) is 3. The molecule has 2 aromatic rings. The number of carbonyl (C=O) groups excluding carboxylic acids is 2. The van der Waals surface area contributed by atoms with Crippen molar-refractivity contribution in [3.63, 3.8) is 0 Å². The zero-order chi connectivity index (χ0) is 22.2. The van der Waals surface area contributed by atoms with E-state index in [0.717, 1.165) is 49.8 Å². The largest absolute Gasteiger partial charge is 0.386 e. The fourth-order valence-electron chi connectivity index (χ4n) is 4.67. The molecule has 164 valence electrons. The number of urea groups is 1. The van der Waals surface area contributed by atoms with Crippen LogP contribution in [0.4, 0.5) is 10.5 Å². The van der Waals surface area contributed by atoms with Crippen LogP contribution >= 0.6 is 0 Å². The van der Waals surface area contributed by atoms with E-state index in [0.29, 0.717) is 11.1 Å². The van der Waals surface area contributed by atoms with Gasteiger partial charge in [0.1, 0.15) is 0 Å². The molecule has 2 aliphatic rings. The molecule has 31 heavy (non-hydrogen) atoms. The zero-order valence-electron chi connectivity index (χ0n) is 18.5. The predicted molar refractivity (Wildman–Crippen MR) is 121 cm³/mol. The Hall–Kier alpha value is -2.86. The van der Waals surface area contributed by atoms with Crippen LogP contribution in [0.3, 0.4) is 0 Å². The Morgan fingerprint density at radius 1 is 0.968 bits per heavy atom. The minimum absolute atomic E-state index is 0.0219. The summed E-state index contributed by atoms with van der Waals surface area (Å²) in [5.74, 6) is -0.287. The van der Waals surface area contributed by atoms with Crippen molar-refractivity contribution in [2.24, 2.45) is 0 Å². The van der Waals surface area contributed by atoms with Crippen molar-refractivity contribution in [3.8, 4) is 0 Å². The van der Waals surface area contributed by atoms with E-state index in [4.69, 9.17) is 0 Å². The number of benzene rings is 2. The summed E-state index contributed by atoms with van der Waals surface area (Å²) in [4.78, 5) is 25.2. The monoisotopic (exact) mass is 421 g/mol. The van der Waals surface area contributed by atoms with E-state index in [1.165, 1.54) is 22.3 Å². The van der Waals surface area contributed by atoms with Crippen molar-refractivity contribution in [2.45, 2.75) is 64.9 Å². The van der Waals surface area contributed by atoms with Crippen LogP contribution in [0.2, 0.25) is 0 Å². The van der Waals surface area contributed by atoms with Crippen molar-refractivity contribution in [2.75, 3.05) is 12.0 Å². The second-order valence-corrected chi connectivity index (χ2v) is 9.14. The van der Waals surface area contributed by atoms with Crippen LogP contribution in [-0.2, 0) is 31.3 Å². The molecule has 0 spiro atoms. The first-order chi connectivity index (χ1) is 14.7. The van der Waals surface area contributed by atoms with E-state index in [1.54, 1.807) is 19.9 Å². The van der Waals surface area contributed by atoms with E-state index in [1.807, 2.05) is 19.1 Å². The average molecular weight is 422 g/mol. The Kier molecular flexibility index (Phi) is 5.75. The minimum Gasteiger partial charge on any atom is -0.386 e. The lowest BCUT2D eigenvalue weighted by Gasteiger charge is -2.19. The Bertz CT molecular complexity index is 1010. The third kappa shape index (κ3) is 4.44.